The van der Waals surface area contributed by atoms with Crippen LogP contribution in [0.15, 0.2) is 24.3 Å². The molecule has 1 aromatic heterocycles. The zero-order chi connectivity index (χ0) is 14.0. The quantitative estimate of drug-likeness (QED) is 0.872. The summed E-state index contributed by atoms with van der Waals surface area (Å²) in [5.41, 5.74) is 1.13. The van der Waals surface area contributed by atoms with E-state index in [1.807, 2.05) is 23.1 Å². The normalized spacial score (nSPS) is 19.5. The van der Waals surface area contributed by atoms with E-state index in [0.29, 0.717) is 10.8 Å². The molecule has 0 spiro atoms. The van der Waals surface area contributed by atoms with Crippen LogP contribution in [0, 0.1) is 0 Å². The van der Waals surface area contributed by atoms with Gasteiger partial charge < -0.3 is 5.32 Å². The molecule has 0 bridgehead atoms. The molecule has 2 nitrogen and oxygen atoms in total. The van der Waals surface area contributed by atoms with E-state index in [4.69, 9.17) is 4.98 Å². The molecule has 1 fully saturated rings. The van der Waals surface area contributed by atoms with Crippen molar-refractivity contribution in [1.29, 1.82) is 0 Å². The number of thioether (sulfide) groups is 1. The van der Waals surface area contributed by atoms with Crippen molar-refractivity contribution in [2.24, 2.45) is 0 Å². The van der Waals surface area contributed by atoms with E-state index in [0.717, 1.165) is 12.1 Å². The fourth-order valence-electron chi connectivity index (χ4n) is 2.97. The molecule has 20 heavy (non-hydrogen) atoms. The van der Waals surface area contributed by atoms with Gasteiger partial charge in [-0.2, -0.15) is 11.8 Å². The Morgan fingerprint density at radius 2 is 2.10 bits per heavy atom. The van der Waals surface area contributed by atoms with Crippen LogP contribution in [0.5, 0.6) is 0 Å². The van der Waals surface area contributed by atoms with Gasteiger partial charge in [-0.1, -0.05) is 25.0 Å². The zero-order valence-electron chi connectivity index (χ0n) is 12.2. The topological polar surface area (TPSA) is 24.9 Å². The SMILES string of the molecule is CSC1(CNC(C)c2nc3ccccc3s2)CCCC1. The monoisotopic (exact) mass is 306 g/mol. The van der Waals surface area contributed by atoms with E-state index in [1.165, 1.54) is 35.4 Å². The number of rotatable bonds is 5. The number of hydrogen-bond acceptors (Lipinski definition) is 4. The van der Waals surface area contributed by atoms with Crippen LogP contribution in [0.4, 0.5) is 0 Å². The summed E-state index contributed by atoms with van der Waals surface area (Å²) < 4.78 is 1.75. The third-order valence-corrected chi connectivity index (χ3v) is 7.00. The van der Waals surface area contributed by atoms with Gasteiger partial charge in [-0.3, -0.25) is 0 Å². The second-order valence-electron chi connectivity index (χ2n) is 5.72. The molecule has 0 aliphatic heterocycles. The molecule has 1 unspecified atom stereocenters. The third kappa shape index (κ3) is 2.87. The number of nitrogens with zero attached hydrogens (tertiary/aromatic N) is 1. The summed E-state index contributed by atoms with van der Waals surface area (Å²) in [7, 11) is 0. The van der Waals surface area contributed by atoms with Crippen molar-refractivity contribution >= 4 is 33.3 Å². The number of thiazole rings is 1. The van der Waals surface area contributed by atoms with Gasteiger partial charge in [-0.05, 0) is 38.2 Å². The maximum Gasteiger partial charge on any atom is 0.111 e. The van der Waals surface area contributed by atoms with E-state index in [2.05, 4.69) is 42.8 Å². The van der Waals surface area contributed by atoms with Crippen molar-refractivity contribution in [3.05, 3.63) is 29.3 Å². The highest BCUT2D eigenvalue weighted by atomic mass is 32.2. The molecule has 108 valence electrons. The number of aromatic nitrogens is 1. The van der Waals surface area contributed by atoms with Crippen molar-refractivity contribution in [3.8, 4) is 0 Å². The first-order valence-electron chi connectivity index (χ1n) is 7.36. The molecule has 1 saturated carbocycles. The molecule has 0 saturated heterocycles. The maximum absolute atomic E-state index is 4.76. The molecule has 2 aromatic rings. The van der Waals surface area contributed by atoms with E-state index in [-0.39, 0.29) is 0 Å². The number of nitrogens with one attached hydrogen (secondary N) is 1. The molecule has 0 radical (unpaired) electrons. The molecular weight excluding hydrogens is 284 g/mol. The Kier molecular flexibility index (Phi) is 4.34. The van der Waals surface area contributed by atoms with E-state index in [1.54, 1.807) is 0 Å². The summed E-state index contributed by atoms with van der Waals surface area (Å²) in [5.74, 6) is 0. The van der Waals surface area contributed by atoms with Gasteiger partial charge in [-0.25, -0.2) is 4.98 Å². The fourth-order valence-corrected chi connectivity index (χ4v) is 4.89. The second kappa shape index (κ2) is 6.04. The van der Waals surface area contributed by atoms with Crippen molar-refractivity contribution in [1.82, 2.24) is 10.3 Å². The van der Waals surface area contributed by atoms with Crippen LogP contribution in [-0.4, -0.2) is 22.5 Å². The van der Waals surface area contributed by atoms with Gasteiger partial charge in [0.2, 0.25) is 0 Å². The largest absolute Gasteiger partial charge is 0.307 e. The van der Waals surface area contributed by atoms with Crippen molar-refractivity contribution in [2.75, 3.05) is 12.8 Å². The molecule has 1 aliphatic carbocycles. The Balaban J connectivity index is 1.68. The molecule has 1 atom stereocenters. The number of fused-ring (bicyclic) bond motifs is 1. The van der Waals surface area contributed by atoms with Crippen molar-refractivity contribution < 1.29 is 0 Å². The summed E-state index contributed by atoms with van der Waals surface area (Å²) in [6.07, 6.45) is 7.74. The molecular formula is C16H22N2S2. The average molecular weight is 307 g/mol. The Labute approximate surface area is 129 Å². The molecule has 0 amide bonds. The highest BCUT2D eigenvalue weighted by Gasteiger charge is 2.33. The second-order valence-corrected chi connectivity index (χ2v) is 8.05. The highest BCUT2D eigenvalue weighted by molar-refractivity contribution is 8.00. The lowest BCUT2D eigenvalue weighted by Crippen LogP contribution is -2.36. The van der Waals surface area contributed by atoms with E-state index >= 15 is 0 Å². The van der Waals surface area contributed by atoms with Gasteiger partial charge in [0.05, 0.1) is 16.3 Å². The number of para-hydroxylation sites is 1. The zero-order valence-corrected chi connectivity index (χ0v) is 13.8. The van der Waals surface area contributed by atoms with Crippen LogP contribution >= 0.6 is 23.1 Å². The van der Waals surface area contributed by atoms with Crippen LogP contribution in [-0.2, 0) is 0 Å². The Morgan fingerprint density at radius 3 is 2.80 bits per heavy atom. The van der Waals surface area contributed by atoms with Crippen LogP contribution in [0.1, 0.15) is 43.7 Å². The summed E-state index contributed by atoms with van der Waals surface area (Å²) in [6, 6.07) is 8.75. The van der Waals surface area contributed by atoms with Crippen LogP contribution in [0.2, 0.25) is 0 Å². The maximum atomic E-state index is 4.76. The highest BCUT2D eigenvalue weighted by Crippen LogP contribution is 2.40. The summed E-state index contributed by atoms with van der Waals surface area (Å²) in [4.78, 5) is 4.76. The van der Waals surface area contributed by atoms with Crippen LogP contribution in [0.25, 0.3) is 10.2 Å². The predicted octanol–water partition coefficient (Wildman–Crippen LogP) is 4.62. The van der Waals surface area contributed by atoms with Gasteiger partial charge in [-0.15, -0.1) is 11.3 Å². The molecule has 4 heteroatoms. The molecule has 1 aromatic carbocycles. The molecule has 3 rings (SSSR count). The smallest absolute Gasteiger partial charge is 0.111 e. The first-order chi connectivity index (χ1) is 9.72. The minimum absolute atomic E-state index is 0.344. The van der Waals surface area contributed by atoms with Crippen molar-refractivity contribution in [2.45, 2.75) is 43.4 Å². The lowest BCUT2D eigenvalue weighted by atomic mass is 10.1. The first-order valence-corrected chi connectivity index (χ1v) is 9.41. The van der Waals surface area contributed by atoms with Crippen LogP contribution < -0.4 is 5.32 Å². The predicted molar refractivity (Wildman–Crippen MR) is 90.8 cm³/mol. The van der Waals surface area contributed by atoms with Crippen LogP contribution in [0.3, 0.4) is 0 Å². The Morgan fingerprint density at radius 1 is 1.35 bits per heavy atom. The lowest BCUT2D eigenvalue weighted by molar-refractivity contribution is 0.486. The minimum atomic E-state index is 0.344. The third-order valence-electron chi connectivity index (χ3n) is 4.36. The summed E-state index contributed by atoms with van der Waals surface area (Å²) >= 11 is 3.86. The van der Waals surface area contributed by atoms with Gasteiger partial charge in [0.1, 0.15) is 5.01 Å². The van der Waals surface area contributed by atoms with Crippen molar-refractivity contribution in [3.63, 3.8) is 0 Å². The molecule has 1 aliphatic rings. The Bertz CT molecular complexity index is 540. The first kappa shape index (κ1) is 14.4. The van der Waals surface area contributed by atoms with Gasteiger partial charge >= 0.3 is 0 Å². The number of hydrogen-bond donors (Lipinski definition) is 1. The minimum Gasteiger partial charge on any atom is -0.307 e. The standard InChI is InChI=1S/C16H22N2S2/c1-12(17-11-16(19-2)9-5-6-10-16)15-18-13-7-3-4-8-14(13)20-15/h3-4,7-8,12,17H,5-6,9-11H2,1-2H3. The average Bonchev–Trinajstić information content (AvgIpc) is 3.12. The lowest BCUT2D eigenvalue weighted by Gasteiger charge is -2.28. The fraction of sp³-hybridized carbons (Fsp3) is 0.562. The molecule has 1 N–H and O–H groups in total. The van der Waals surface area contributed by atoms with Gasteiger partial charge in [0.25, 0.3) is 0 Å². The number of benzene rings is 1. The van der Waals surface area contributed by atoms with Gasteiger partial charge in [0.15, 0.2) is 0 Å². The van der Waals surface area contributed by atoms with E-state index < -0.39 is 0 Å². The summed E-state index contributed by atoms with van der Waals surface area (Å²) in [6.45, 7) is 3.34. The van der Waals surface area contributed by atoms with Gasteiger partial charge in [0, 0.05) is 11.3 Å². The molecule has 1 heterocycles. The summed E-state index contributed by atoms with van der Waals surface area (Å²) in [5, 5.41) is 4.93. The van der Waals surface area contributed by atoms with E-state index in [9.17, 15) is 0 Å². The Hall–Kier alpha value is -0.580.